The molecular formula is C21H25N. The Morgan fingerprint density at radius 2 is 1.50 bits per heavy atom. The number of aromatic nitrogens is 1. The van der Waals surface area contributed by atoms with Crippen LogP contribution in [0.2, 0.25) is 0 Å². The predicted molar refractivity (Wildman–Crippen MR) is 96.9 cm³/mol. The third kappa shape index (κ3) is 2.20. The maximum absolute atomic E-state index is 5.01. The summed E-state index contributed by atoms with van der Waals surface area (Å²) in [5.41, 5.74) is 9.05. The molecule has 114 valence electrons. The second kappa shape index (κ2) is 4.81. The number of hydrogen-bond acceptors (Lipinski definition) is 1. The Morgan fingerprint density at radius 1 is 0.818 bits per heavy atom. The summed E-state index contributed by atoms with van der Waals surface area (Å²) >= 11 is 0. The van der Waals surface area contributed by atoms with Gasteiger partial charge >= 0.3 is 0 Å². The summed E-state index contributed by atoms with van der Waals surface area (Å²) in [4.78, 5) is 5.01. The minimum Gasteiger partial charge on any atom is -0.247 e. The number of pyridine rings is 1. The first-order valence-electron chi connectivity index (χ1n) is 8.01. The van der Waals surface area contributed by atoms with Crippen LogP contribution in [0.4, 0.5) is 0 Å². The molecule has 0 saturated carbocycles. The average Bonchev–Trinajstić information content (AvgIpc) is 2.42. The van der Waals surface area contributed by atoms with Gasteiger partial charge in [0.25, 0.3) is 0 Å². The molecule has 2 aromatic carbocycles. The Bertz CT molecular complexity index is 896. The molecule has 0 aliphatic carbocycles. The Morgan fingerprint density at radius 3 is 2.14 bits per heavy atom. The minimum absolute atomic E-state index is 0.0861. The van der Waals surface area contributed by atoms with Gasteiger partial charge in [-0.15, -0.1) is 0 Å². The highest BCUT2D eigenvalue weighted by atomic mass is 14.7. The maximum atomic E-state index is 5.01. The molecule has 0 radical (unpaired) electrons. The molecule has 0 aliphatic heterocycles. The van der Waals surface area contributed by atoms with Crippen LogP contribution in [-0.4, -0.2) is 4.98 Å². The van der Waals surface area contributed by atoms with Gasteiger partial charge in [-0.2, -0.15) is 0 Å². The lowest BCUT2D eigenvalue weighted by molar-refractivity contribution is 0.601. The van der Waals surface area contributed by atoms with Crippen LogP contribution in [0.3, 0.4) is 0 Å². The highest BCUT2D eigenvalue weighted by Crippen LogP contribution is 2.37. The van der Waals surface area contributed by atoms with Crippen molar-refractivity contribution in [1.29, 1.82) is 0 Å². The molecule has 0 bridgehead atoms. The molecule has 0 N–H and O–H groups in total. The van der Waals surface area contributed by atoms with Gasteiger partial charge in [0.2, 0.25) is 0 Å². The van der Waals surface area contributed by atoms with Crippen molar-refractivity contribution in [1.82, 2.24) is 4.98 Å². The molecule has 3 aromatic rings. The van der Waals surface area contributed by atoms with Crippen LogP contribution < -0.4 is 0 Å². The first-order chi connectivity index (χ1) is 10.2. The van der Waals surface area contributed by atoms with Gasteiger partial charge in [0.05, 0.1) is 11.0 Å². The van der Waals surface area contributed by atoms with E-state index in [2.05, 4.69) is 72.7 Å². The highest BCUT2D eigenvalue weighted by Gasteiger charge is 2.22. The lowest BCUT2D eigenvalue weighted by Gasteiger charge is -2.25. The average molecular weight is 291 g/mol. The van der Waals surface area contributed by atoms with Crippen molar-refractivity contribution >= 4 is 21.8 Å². The molecule has 0 spiro atoms. The minimum atomic E-state index is 0.0861. The van der Waals surface area contributed by atoms with E-state index in [1.165, 1.54) is 38.6 Å². The monoisotopic (exact) mass is 291 g/mol. The SMILES string of the molecule is Cc1ccc2c(C(C)(C)C)c3cc(C)c(C)c(C)c3nc2c1. The summed E-state index contributed by atoms with van der Waals surface area (Å²) in [6.07, 6.45) is 0. The van der Waals surface area contributed by atoms with Crippen LogP contribution in [0.25, 0.3) is 21.8 Å². The highest BCUT2D eigenvalue weighted by molar-refractivity contribution is 6.00. The van der Waals surface area contributed by atoms with E-state index in [-0.39, 0.29) is 5.41 Å². The summed E-state index contributed by atoms with van der Waals surface area (Å²) in [6, 6.07) is 8.96. The fourth-order valence-electron chi connectivity index (χ4n) is 3.42. The molecular weight excluding hydrogens is 266 g/mol. The molecule has 1 heterocycles. The Balaban J connectivity index is 2.63. The van der Waals surface area contributed by atoms with Crippen LogP contribution in [-0.2, 0) is 5.41 Å². The fourth-order valence-corrected chi connectivity index (χ4v) is 3.42. The van der Waals surface area contributed by atoms with Crippen LogP contribution in [0.1, 0.15) is 48.6 Å². The Labute approximate surface area is 133 Å². The van der Waals surface area contributed by atoms with Gasteiger partial charge < -0.3 is 0 Å². The zero-order valence-corrected chi connectivity index (χ0v) is 14.8. The van der Waals surface area contributed by atoms with Crippen molar-refractivity contribution in [2.45, 2.75) is 53.9 Å². The van der Waals surface area contributed by atoms with Gasteiger partial charge in [0, 0.05) is 10.8 Å². The predicted octanol–water partition coefficient (Wildman–Crippen LogP) is 5.92. The quantitative estimate of drug-likeness (QED) is 0.468. The summed E-state index contributed by atoms with van der Waals surface area (Å²) in [7, 11) is 0. The molecule has 1 nitrogen and oxygen atoms in total. The van der Waals surface area contributed by atoms with Crippen LogP contribution in [0.5, 0.6) is 0 Å². The van der Waals surface area contributed by atoms with Gasteiger partial charge in [-0.25, -0.2) is 4.98 Å². The van der Waals surface area contributed by atoms with E-state index < -0.39 is 0 Å². The zero-order chi connectivity index (χ0) is 16.2. The third-order valence-electron chi connectivity index (χ3n) is 4.80. The van der Waals surface area contributed by atoms with Crippen molar-refractivity contribution in [3.05, 3.63) is 52.1 Å². The van der Waals surface area contributed by atoms with Crippen LogP contribution in [0.15, 0.2) is 24.3 Å². The van der Waals surface area contributed by atoms with E-state index >= 15 is 0 Å². The fraction of sp³-hybridized carbons (Fsp3) is 0.381. The largest absolute Gasteiger partial charge is 0.247 e. The smallest absolute Gasteiger partial charge is 0.0744 e. The van der Waals surface area contributed by atoms with Crippen molar-refractivity contribution in [2.75, 3.05) is 0 Å². The second-order valence-electron chi connectivity index (χ2n) is 7.60. The van der Waals surface area contributed by atoms with E-state index in [1.807, 2.05) is 0 Å². The lowest BCUT2D eigenvalue weighted by atomic mass is 9.80. The Hall–Kier alpha value is -1.89. The molecule has 0 amide bonds. The maximum Gasteiger partial charge on any atom is 0.0744 e. The van der Waals surface area contributed by atoms with E-state index in [4.69, 9.17) is 4.98 Å². The Kier molecular flexibility index (Phi) is 3.28. The van der Waals surface area contributed by atoms with Crippen molar-refractivity contribution < 1.29 is 0 Å². The third-order valence-corrected chi connectivity index (χ3v) is 4.80. The molecule has 0 saturated heterocycles. The molecule has 3 rings (SSSR count). The standard InChI is InChI=1S/C21H25N/c1-12-8-9-16-18(10-12)22-20-15(4)14(3)13(2)11-17(20)19(16)21(5,6)7/h8-11H,1-7H3. The number of hydrogen-bond donors (Lipinski definition) is 0. The zero-order valence-electron chi connectivity index (χ0n) is 14.8. The van der Waals surface area contributed by atoms with E-state index in [9.17, 15) is 0 Å². The van der Waals surface area contributed by atoms with Gasteiger partial charge in [-0.05, 0) is 73.1 Å². The van der Waals surface area contributed by atoms with Crippen LogP contribution in [0, 0.1) is 27.7 Å². The first kappa shape index (κ1) is 15.0. The van der Waals surface area contributed by atoms with E-state index in [1.54, 1.807) is 0 Å². The second-order valence-corrected chi connectivity index (χ2v) is 7.60. The summed E-state index contributed by atoms with van der Waals surface area (Å²) in [5, 5.41) is 2.60. The number of rotatable bonds is 0. The van der Waals surface area contributed by atoms with Crippen LogP contribution >= 0.6 is 0 Å². The van der Waals surface area contributed by atoms with Gasteiger partial charge in [0.1, 0.15) is 0 Å². The lowest BCUT2D eigenvalue weighted by Crippen LogP contribution is -2.14. The number of fused-ring (bicyclic) bond motifs is 2. The molecule has 1 heteroatoms. The van der Waals surface area contributed by atoms with Crippen molar-refractivity contribution in [3.63, 3.8) is 0 Å². The molecule has 0 aliphatic rings. The van der Waals surface area contributed by atoms with Crippen molar-refractivity contribution in [3.8, 4) is 0 Å². The normalized spacial score (nSPS) is 12.3. The topological polar surface area (TPSA) is 12.9 Å². The molecule has 0 atom stereocenters. The molecule has 1 aromatic heterocycles. The van der Waals surface area contributed by atoms with E-state index in [0.29, 0.717) is 0 Å². The van der Waals surface area contributed by atoms with E-state index in [0.717, 1.165) is 11.0 Å². The molecule has 22 heavy (non-hydrogen) atoms. The summed E-state index contributed by atoms with van der Waals surface area (Å²) in [5.74, 6) is 0. The number of benzene rings is 2. The van der Waals surface area contributed by atoms with Gasteiger partial charge in [0.15, 0.2) is 0 Å². The number of aryl methyl sites for hydroxylation is 3. The summed E-state index contributed by atoms with van der Waals surface area (Å²) in [6.45, 7) is 15.6. The van der Waals surface area contributed by atoms with Gasteiger partial charge in [-0.1, -0.05) is 32.9 Å². The molecule has 0 unspecified atom stereocenters. The van der Waals surface area contributed by atoms with Crippen molar-refractivity contribution in [2.24, 2.45) is 0 Å². The summed E-state index contributed by atoms with van der Waals surface area (Å²) < 4.78 is 0. The van der Waals surface area contributed by atoms with Gasteiger partial charge in [-0.3, -0.25) is 0 Å². The molecule has 0 fully saturated rings. The number of nitrogens with zero attached hydrogens (tertiary/aromatic N) is 1. The first-order valence-corrected chi connectivity index (χ1v) is 8.01.